The number of carbonyl (C=O) groups excluding carboxylic acids is 1. The normalized spacial score (nSPS) is 14.2. The average molecular weight is 180 g/mol. The van der Waals surface area contributed by atoms with Crippen molar-refractivity contribution in [3.05, 3.63) is 28.6 Å². The first-order valence-electron chi connectivity index (χ1n) is 4.22. The third-order valence-electron chi connectivity index (χ3n) is 2.49. The van der Waals surface area contributed by atoms with Gasteiger partial charge in [-0.15, -0.1) is 0 Å². The molecule has 0 fully saturated rings. The predicted octanol–water partition coefficient (Wildman–Crippen LogP) is 1.83. The number of benzene rings is 1. The minimum absolute atomic E-state index is 0.280. The number of aldehydes is 1. The molecule has 0 aromatic heterocycles. The smallest absolute Gasteiger partial charge is 0.165 e. The van der Waals surface area contributed by atoms with E-state index in [1.807, 2.05) is 0 Å². The molecule has 0 aliphatic heterocycles. The molecule has 1 aromatic rings. The number of carbonyl (C=O) groups is 1. The van der Waals surface area contributed by atoms with Gasteiger partial charge in [0.05, 0.1) is 0 Å². The second kappa shape index (κ2) is 2.83. The number of hydrogen-bond donors (Lipinski definition) is 1. The van der Waals surface area contributed by atoms with E-state index in [9.17, 15) is 14.3 Å². The van der Waals surface area contributed by atoms with Gasteiger partial charge in [0, 0.05) is 11.1 Å². The van der Waals surface area contributed by atoms with E-state index in [1.54, 1.807) is 0 Å². The van der Waals surface area contributed by atoms with Gasteiger partial charge in [-0.05, 0) is 30.9 Å². The van der Waals surface area contributed by atoms with Gasteiger partial charge in [-0.3, -0.25) is 4.79 Å². The lowest BCUT2D eigenvalue weighted by atomic mass is 10.0. The third kappa shape index (κ3) is 1.11. The van der Waals surface area contributed by atoms with Gasteiger partial charge < -0.3 is 5.11 Å². The summed E-state index contributed by atoms with van der Waals surface area (Å²) in [5, 5.41) is 9.35. The van der Waals surface area contributed by atoms with Gasteiger partial charge in [0.2, 0.25) is 0 Å². The number of rotatable bonds is 1. The maximum absolute atomic E-state index is 13.0. The van der Waals surface area contributed by atoms with E-state index in [0.717, 1.165) is 24.5 Å². The molecular formula is C10H9FO2. The van der Waals surface area contributed by atoms with Crippen molar-refractivity contribution in [3.8, 4) is 5.75 Å². The first-order valence-corrected chi connectivity index (χ1v) is 4.22. The lowest BCUT2D eigenvalue weighted by Crippen LogP contribution is -1.94. The molecule has 1 N–H and O–H groups in total. The molecule has 0 saturated carbocycles. The van der Waals surface area contributed by atoms with E-state index in [0.29, 0.717) is 23.8 Å². The van der Waals surface area contributed by atoms with E-state index in [2.05, 4.69) is 0 Å². The standard InChI is InChI=1S/C10H9FO2/c11-9-4-6(5-12)7-2-1-3-8(7)10(9)13/h4-5,13H,1-3H2. The minimum atomic E-state index is -0.692. The highest BCUT2D eigenvalue weighted by Gasteiger charge is 2.21. The number of phenolic OH excluding ortho intramolecular Hbond substituents is 1. The van der Waals surface area contributed by atoms with Crippen molar-refractivity contribution in [3.63, 3.8) is 0 Å². The molecule has 0 radical (unpaired) electrons. The van der Waals surface area contributed by atoms with Crippen molar-refractivity contribution in [2.75, 3.05) is 0 Å². The maximum Gasteiger partial charge on any atom is 0.165 e. The van der Waals surface area contributed by atoms with Crippen molar-refractivity contribution < 1.29 is 14.3 Å². The summed E-state index contributed by atoms with van der Waals surface area (Å²) >= 11 is 0. The van der Waals surface area contributed by atoms with E-state index >= 15 is 0 Å². The average Bonchev–Trinajstić information content (AvgIpc) is 2.60. The zero-order valence-corrected chi connectivity index (χ0v) is 7.01. The van der Waals surface area contributed by atoms with Crippen LogP contribution < -0.4 is 0 Å². The van der Waals surface area contributed by atoms with Crippen molar-refractivity contribution in [2.24, 2.45) is 0 Å². The molecule has 0 amide bonds. The second-order valence-corrected chi connectivity index (χ2v) is 3.22. The van der Waals surface area contributed by atoms with Gasteiger partial charge in [-0.25, -0.2) is 4.39 Å². The number of fused-ring (bicyclic) bond motifs is 1. The van der Waals surface area contributed by atoms with Crippen molar-refractivity contribution in [1.82, 2.24) is 0 Å². The molecule has 1 aromatic carbocycles. The molecule has 13 heavy (non-hydrogen) atoms. The van der Waals surface area contributed by atoms with Gasteiger partial charge >= 0.3 is 0 Å². The Morgan fingerprint density at radius 1 is 1.38 bits per heavy atom. The Labute approximate surface area is 75.0 Å². The molecule has 0 atom stereocenters. The van der Waals surface area contributed by atoms with Crippen LogP contribution in [0.1, 0.15) is 27.9 Å². The molecule has 2 rings (SSSR count). The molecule has 1 aliphatic rings. The Kier molecular flexibility index (Phi) is 1.79. The molecule has 0 saturated heterocycles. The zero-order valence-electron chi connectivity index (χ0n) is 7.01. The number of hydrogen-bond acceptors (Lipinski definition) is 2. The van der Waals surface area contributed by atoms with Crippen LogP contribution in [-0.2, 0) is 12.8 Å². The molecule has 68 valence electrons. The van der Waals surface area contributed by atoms with Crippen LogP contribution in [0.4, 0.5) is 4.39 Å². The topological polar surface area (TPSA) is 37.3 Å². The zero-order chi connectivity index (χ0) is 9.42. The number of phenols is 1. The molecule has 2 nitrogen and oxygen atoms in total. The summed E-state index contributed by atoms with van der Waals surface area (Å²) in [6, 6.07) is 1.10. The highest BCUT2D eigenvalue weighted by atomic mass is 19.1. The van der Waals surface area contributed by atoms with E-state index in [4.69, 9.17) is 0 Å². The van der Waals surface area contributed by atoms with Crippen LogP contribution in [0, 0.1) is 5.82 Å². The summed E-state index contributed by atoms with van der Waals surface area (Å²) in [4.78, 5) is 10.6. The molecule has 0 bridgehead atoms. The quantitative estimate of drug-likeness (QED) is 0.669. The maximum atomic E-state index is 13.0. The summed E-state index contributed by atoms with van der Waals surface area (Å²) < 4.78 is 13.0. The van der Waals surface area contributed by atoms with Crippen LogP contribution in [-0.4, -0.2) is 11.4 Å². The number of halogens is 1. The van der Waals surface area contributed by atoms with Gasteiger partial charge in [0.15, 0.2) is 11.6 Å². The Balaban J connectivity index is 2.70. The fourth-order valence-electron chi connectivity index (χ4n) is 1.86. The monoisotopic (exact) mass is 180 g/mol. The summed E-state index contributed by atoms with van der Waals surface area (Å²) in [6.07, 6.45) is 2.96. The molecule has 3 heteroatoms. The van der Waals surface area contributed by atoms with E-state index in [1.165, 1.54) is 0 Å². The third-order valence-corrected chi connectivity index (χ3v) is 2.49. The first-order chi connectivity index (χ1) is 6.24. The summed E-state index contributed by atoms with van der Waals surface area (Å²) in [5.74, 6) is -0.971. The predicted molar refractivity (Wildman–Crippen MR) is 45.5 cm³/mol. The fraction of sp³-hybridized carbons (Fsp3) is 0.300. The molecular weight excluding hydrogens is 171 g/mol. The Hall–Kier alpha value is -1.38. The second-order valence-electron chi connectivity index (χ2n) is 3.22. The van der Waals surface area contributed by atoms with Gasteiger partial charge in [-0.1, -0.05) is 0 Å². The molecule has 0 spiro atoms. The van der Waals surface area contributed by atoms with Crippen molar-refractivity contribution >= 4 is 6.29 Å². The van der Waals surface area contributed by atoms with Crippen LogP contribution in [0.2, 0.25) is 0 Å². The largest absolute Gasteiger partial charge is 0.505 e. The Morgan fingerprint density at radius 3 is 2.77 bits per heavy atom. The summed E-state index contributed by atoms with van der Waals surface area (Å²) in [6.45, 7) is 0. The SMILES string of the molecule is O=Cc1cc(F)c(O)c2c1CCC2. The van der Waals surface area contributed by atoms with Gasteiger partial charge in [0.25, 0.3) is 0 Å². The van der Waals surface area contributed by atoms with Crippen LogP contribution in [0.15, 0.2) is 6.07 Å². The Bertz CT molecular complexity index is 372. The summed E-state index contributed by atoms with van der Waals surface area (Å²) in [7, 11) is 0. The molecule has 0 heterocycles. The number of aromatic hydroxyl groups is 1. The minimum Gasteiger partial charge on any atom is -0.505 e. The van der Waals surface area contributed by atoms with Gasteiger partial charge in [-0.2, -0.15) is 0 Å². The summed E-state index contributed by atoms with van der Waals surface area (Å²) in [5.41, 5.74) is 1.80. The first kappa shape index (κ1) is 8.23. The Morgan fingerprint density at radius 2 is 2.08 bits per heavy atom. The van der Waals surface area contributed by atoms with Crippen LogP contribution in [0.25, 0.3) is 0 Å². The van der Waals surface area contributed by atoms with E-state index < -0.39 is 5.82 Å². The van der Waals surface area contributed by atoms with Crippen LogP contribution in [0.5, 0.6) is 5.75 Å². The van der Waals surface area contributed by atoms with Gasteiger partial charge in [0.1, 0.15) is 6.29 Å². The molecule has 0 unspecified atom stereocenters. The lowest BCUT2D eigenvalue weighted by Gasteiger charge is -2.05. The van der Waals surface area contributed by atoms with Crippen LogP contribution >= 0.6 is 0 Å². The highest BCUT2D eigenvalue weighted by molar-refractivity contribution is 5.79. The van der Waals surface area contributed by atoms with E-state index in [-0.39, 0.29) is 5.75 Å². The molecule has 1 aliphatic carbocycles. The lowest BCUT2D eigenvalue weighted by molar-refractivity contribution is 0.112. The van der Waals surface area contributed by atoms with Crippen molar-refractivity contribution in [2.45, 2.75) is 19.3 Å². The highest BCUT2D eigenvalue weighted by Crippen LogP contribution is 2.33. The van der Waals surface area contributed by atoms with Crippen LogP contribution in [0.3, 0.4) is 0 Å². The van der Waals surface area contributed by atoms with Crippen molar-refractivity contribution in [1.29, 1.82) is 0 Å². The fourth-order valence-corrected chi connectivity index (χ4v) is 1.86.